The van der Waals surface area contributed by atoms with Gasteiger partial charge in [0.15, 0.2) is 0 Å². The highest BCUT2D eigenvalue weighted by atomic mass is 19.1. The molecule has 3 saturated heterocycles. The molecule has 0 spiro atoms. The van der Waals surface area contributed by atoms with Gasteiger partial charge >= 0.3 is 0 Å². The van der Waals surface area contributed by atoms with Crippen molar-refractivity contribution in [2.75, 3.05) is 45.9 Å². The van der Waals surface area contributed by atoms with E-state index in [0.717, 1.165) is 55.4 Å². The van der Waals surface area contributed by atoms with Gasteiger partial charge in [-0.3, -0.25) is 14.6 Å². The van der Waals surface area contributed by atoms with Crippen molar-refractivity contribution in [1.29, 1.82) is 0 Å². The predicted octanol–water partition coefficient (Wildman–Crippen LogP) is 3.56. The van der Waals surface area contributed by atoms with Gasteiger partial charge < -0.3 is 19.9 Å². The number of likely N-dealkylation sites (tertiary alicyclic amines) is 1. The summed E-state index contributed by atoms with van der Waals surface area (Å²) >= 11 is 0. The van der Waals surface area contributed by atoms with Gasteiger partial charge in [0.25, 0.3) is 0 Å². The van der Waals surface area contributed by atoms with Gasteiger partial charge in [-0.25, -0.2) is 4.39 Å². The number of hydrogen-bond acceptors (Lipinski definition) is 6. The lowest BCUT2D eigenvalue weighted by molar-refractivity contribution is -0.131. The third-order valence-electron chi connectivity index (χ3n) is 8.71. The van der Waals surface area contributed by atoms with E-state index in [2.05, 4.69) is 73.5 Å². The molecule has 0 aliphatic carbocycles. The zero-order chi connectivity index (χ0) is 27.9. The highest BCUT2D eigenvalue weighted by Gasteiger charge is 2.44. The maximum atomic E-state index is 14.0. The van der Waals surface area contributed by atoms with Crippen LogP contribution in [-0.2, 0) is 16.1 Å². The summed E-state index contributed by atoms with van der Waals surface area (Å²) in [4.78, 5) is 22.9. The van der Waals surface area contributed by atoms with Crippen LogP contribution in [0.4, 0.5) is 4.39 Å². The molecule has 5 rings (SSSR count). The van der Waals surface area contributed by atoms with E-state index in [1.165, 1.54) is 12.1 Å². The Morgan fingerprint density at radius 1 is 1.15 bits per heavy atom. The summed E-state index contributed by atoms with van der Waals surface area (Å²) in [6, 6.07) is 7.88. The van der Waals surface area contributed by atoms with Crippen LogP contribution in [0.15, 0.2) is 60.1 Å². The van der Waals surface area contributed by atoms with Crippen LogP contribution in [0.5, 0.6) is 0 Å². The molecular weight excluding hydrogens is 493 g/mol. The molecule has 3 fully saturated rings. The molecule has 39 heavy (non-hydrogen) atoms. The zero-order valence-corrected chi connectivity index (χ0v) is 24.1. The molecule has 4 heterocycles. The van der Waals surface area contributed by atoms with Crippen LogP contribution >= 0.6 is 0 Å². The number of piperazine rings is 1. The molecule has 1 aromatic rings. The van der Waals surface area contributed by atoms with Gasteiger partial charge in [0, 0.05) is 74.2 Å². The van der Waals surface area contributed by atoms with E-state index in [9.17, 15) is 9.18 Å². The number of benzene rings is 1. The minimum absolute atomic E-state index is 0.133. The number of allylic oxidation sites excluding steroid dienone is 2. The van der Waals surface area contributed by atoms with Gasteiger partial charge in [-0.2, -0.15) is 0 Å². The van der Waals surface area contributed by atoms with Crippen molar-refractivity contribution in [2.24, 2.45) is 5.41 Å². The van der Waals surface area contributed by atoms with Crippen LogP contribution < -0.4 is 5.32 Å². The second kappa shape index (κ2) is 11.2. The summed E-state index contributed by atoms with van der Waals surface area (Å²) in [5.41, 5.74) is 3.81. The zero-order valence-electron chi connectivity index (χ0n) is 24.1. The molecule has 1 amide bonds. The monoisotopic (exact) mass is 537 g/mol. The van der Waals surface area contributed by atoms with Gasteiger partial charge in [0.1, 0.15) is 5.82 Å². The van der Waals surface area contributed by atoms with Gasteiger partial charge in [-0.1, -0.05) is 32.6 Å². The number of halogens is 1. The fourth-order valence-corrected chi connectivity index (χ4v) is 6.41. The van der Waals surface area contributed by atoms with E-state index in [-0.39, 0.29) is 23.2 Å². The Hall–Kier alpha value is -2.52. The summed E-state index contributed by atoms with van der Waals surface area (Å²) in [5, 5.41) is 3.63. The van der Waals surface area contributed by atoms with Crippen LogP contribution in [-0.4, -0.2) is 95.6 Å². The maximum Gasteiger partial charge on any atom is 0.241 e. The van der Waals surface area contributed by atoms with Crippen LogP contribution in [0, 0.1) is 11.2 Å². The number of carbonyl (C=O) groups is 1. The topological polar surface area (TPSA) is 51.3 Å². The second-order valence-corrected chi connectivity index (χ2v) is 12.5. The van der Waals surface area contributed by atoms with E-state index in [1.54, 1.807) is 12.1 Å². The molecule has 1 N–H and O–H groups in total. The van der Waals surface area contributed by atoms with Crippen LogP contribution in [0.25, 0.3) is 0 Å². The lowest BCUT2D eigenvalue weighted by Crippen LogP contribution is -2.63. The number of amides is 1. The minimum atomic E-state index is -0.246. The van der Waals surface area contributed by atoms with E-state index >= 15 is 0 Å². The van der Waals surface area contributed by atoms with E-state index in [1.807, 2.05) is 4.90 Å². The number of nitrogens with one attached hydrogen (secondary N) is 1. The van der Waals surface area contributed by atoms with E-state index in [4.69, 9.17) is 4.74 Å². The summed E-state index contributed by atoms with van der Waals surface area (Å²) in [6.45, 7) is 21.1. The van der Waals surface area contributed by atoms with Crippen molar-refractivity contribution < 1.29 is 13.9 Å². The summed E-state index contributed by atoms with van der Waals surface area (Å²) in [6.07, 6.45) is 4.17. The Morgan fingerprint density at radius 3 is 2.54 bits per heavy atom. The quantitative estimate of drug-likeness (QED) is 0.599. The van der Waals surface area contributed by atoms with Crippen molar-refractivity contribution in [3.63, 3.8) is 0 Å². The van der Waals surface area contributed by atoms with Crippen molar-refractivity contribution in [3.05, 3.63) is 71.5 Å². The SMILES string of the molecule is C=C1C=C2C(=CN1Cc1ccc(F)cc1)N(C(=O)CN1C[C@@H](C)NC[C@@H]1CN1[C@H](C)COC[C@H]1C)CC2(C)C. The molecule has 4 aliphatic heterocycles. The molecule has 7 nitrogen and oxygen atoms in total. The maximum absolute atomic E-state index is 14.0. The molecule has 0 aromatic heterocycles. The fraction of sp³-hybridized carbons (Fsp3) is 0.581. The molecule has 4 aliphatic rings. The number of morpholine rings is 1. The average molecular weight is 538 g/mol. The summed E-state index contributed by atoms with van der Waals surface area (Å²) in [5.74, 6) is -0.113. The van der Waals surface area contributed by atoms with E-state index < -0.39 is 0 Å². The molecule has 1 aromatic carbocycles. The first kappa shape index (κ1) is 28.0. The van der Waals surface area contributed by atoms with Gasteiger partial charge in [0.2, 0.25) is 5.91 Å². The summed E-state index contributed by atoms with van der Waals surface area (Å²) in [7, 11) is 0. The van der Waals surface area contributed by atoms with Gasteiger partial charge in [-0.05, 0) is 50.1 Å². The molecule has 212 valence electrons. The molecule has 0 unspecified atom stereocenters. The molecular formula is C31H44FN5O2. The minimum Gasteiger partial charge on any atom is -0.378 e. The van der Waals surface area contributed by atoms with Crippen molar-refractivity contribution in [1.82, 2.24) is 24.9 Å². The number of nitrogens with zero attached hydrogens (tertiary/aromatic N) is 4. The van der Waals surface area contributed by atoms with Crippen LogP contribution in [0.1, 0.15) is 40.2 Å². The highest BCUT2D eigenvalue weighted by Crippen LogP contribution is 2.45. The first-order chi connectivity index (χ1) is 18.5. The number of hydrogen-bond donors (Lipinski definition) is 1. The first-order valence-corrected chi connectivity index (χ1v) is 14.3. The number of rotatable bonds is 6. The molecule has 0 radical (unpaired) electrons. The third kappa shape index (κ3) is 5.99. The Kier molecular flexibility index (Phi) is 8.02. The molecule has 0 bridgehead atoms. The smallest absolute Gasteiger partial charge is 0.241 e. The van der Waals surface area contributed by atoms with Crippen molar-refractivity contribution in [2.45, 2.75) is 65.3 Å². The van der Waals surface area contributed by atoms with Crippen molar-refractivity contribution >= 4 is 5.91 Å². The number of ether oxygens (including phenoxy) is 1. The Balaban J connectivity index is 1.33. The lowest BCUT2D eigenvalue weighted by Gasteiger charge is -2.46. The van der Waals surface area contributed by atoms with E-state index in [0.29, 0.717) is 37.8 Å². The lowest BCUT2D eigenvalue weighted by atomic mass is 9.85. The molecule has 4 atom stereocenters. The fourth-order valence-electron chi connectivity index (χ4n) is 6.41. The predicted molar refractivity (Wildman–Crippen MR) is 152 cm³/mol. The van der Waals surface area contributed by atoms with Crippen LogP contribution in [0.3, 0.4) is 0 Å². The first-order valence-electron chi connectivity index (χ1n) is 14.3. The molecule has 0 saturated carbocycles. The number of fused-ring (bicyclic) bond motifs is 1. The average Bonchev–Trinajstić information content (AvgIpc) is 3.14. The largest absolute Gasteiger partial charge is 0.378 e. The third-order valence-corrected chi connectivity index (χ3v) is 8.71. The second-order valence-electron chi connectivity index (χ2n) is 12.5. The Labute approximate surface area is 232 Å². The standard InChI is InChI=1S/C31H44FN5O2/c1-21-13-35(27(12-33-21)15-36-23(3)18-39-19-24(36)4)17-30(38)37-20-31(5,6)28-11-22(2)34(16-29(28)37)14-25-7-9-26(32)10-8-25/h7-11,16,21,23-24,27,33H,2,12-15,17-20H2,1,3-6H3/t21-,23-,24-,27-/m1/s1. The van der Waals surface area contributed by atoms with Crippen LogP contribution in [0.2, 0.25) is 0 Å². The molecule has 8 heteroatoms. The van der Waals surface area contributed by atoms with Crippen molar-refractivity contribution in [3.8, 4) is 0 Å². The Bertz CT molecular complexity index is 1140. The normalized spacial score (nSPS) is 29.7. The summed E-state index contributed by atoms with van der Waals surface area (Å²) < 4.78 is 19.2. The highest BCUT2D eigenvalue weighted by molar-refractivity contribution is 5.82. The number of carbonyl (C=O) groups excluding carboxylic acids is 1. The van der Waals surface area contributed by atoms with Gasteiger partial charge in [-0.15, -0.1) is 0 Å². The Morgan fingerprint density at radius 2 is 1.85 bits per heavy atom. The van der Waals surface area contributed by atoms with Gasteiger partial charge in [0.05, 0.1) is 25.5 Å².